The van der Waals surface area contributed by atoms with Crippen LogP contribution in [0.3, 0.4) is 0 Å². The van der Waals surface area contributed by atoms with Crippen molar-refractivity contribution in [2.75, 3.05) is 0 Å². The molecule has 106 valence electrons. The van der Waals surface area contributed by atoms with Gasteiger partial charge in [0.15, 0.2) is 0 Å². The van der Waals surface area contributed by atoms with E-state index in [0.717, 1.165) is 0 Å². The zero-order valence-corrected chi connectivity index (χ0v) is 12.7. The van der Waals surface area contributed by atoms with Gasteiger partial charge in [0.2, 0.25) is 0 Å². The van der Waals surface area contributed by atoms with Crippen molar-refractivity contribution < 1.29 is 9.90 Å². The summed E-state index contributed by atoms with van der Waals surface area (Å²) in [5.74, 6) is -0.727. The van der Waals surface area contributed by atoms with E-state index in [1.807, 2.05) is 20.8 Å². The minimum atomic E-state index is -0.789. The lowest BCUT2D eigenvalue weighted by Crippen LogP contribution is -2.42. The van der Waals surface area contributed by atoms with Gasteiger partial charge in [-0.15, -0.1) is 0 Å². The number of rotatable bonds is 5. The van der Waals surface area contributed by atoms with Crippen molar-refractivity contribution in [2.24, 2.45) is 5.92 Å². The lowest BCUT2D eigenvalue weighted by molar-refractivity contribution is -0.140. The monoisotopic (exact) mass is 263 g/mol. The molecule has 0 fully saturated rings. The first-order valence-corrected chi connectivity index (χ1v) is 6.80. The number of hydrogen-bond acceptors (Lipinski definition) is 2. The lowest BCUT2D eigenvalue weighted by Gasteiger charge is -2.25. The molecule has 2 atom stereocenters. The summed E-state index contributed by atoms with van der Waals surface area (Å²) in [6, 6.07) is 3.83. The summed E-state index contributed by atoms with van der Waals surface area (Å²) in [6.45, 7) is 12.1. The van der Waals surface area contributed by atoms with Gasteiger partial charge in [-0.25, -0.2) is 0 Å². The Labute approximate surface area is 116 Å². The molecule has 1 aromatic carbocycles. The predicted octanol–water partition coefficient (Wildman–Crippen LogP) is 3.37. The molecular formula is C16H25NO2. The maximum absolute atomic E-state index is 11.3. The predicted molar refractivity (Wildman–Crippen MR) is 78.5 cm³/mol. The van der Waals surface area contributed by atoms with Gasteiger partial charge in [0.1, 0.15) is 6.04 Å². The average molecular weight is 263 g/mol. The van der Waals surface area contributed by atoms with Gasteiger partial charge in [-0.1, -0.05) is 26.0 Å². The molecule has 19 heavy (non-hydrogen) atoms. The van der Waals surface area contributed by atoms with Crippen molar-refractivity contribution in [1.82, 2.24) is 5.32 Å². The third kappa shape index (κ3) is 3.80. The first-order valence-electron chi connectivity index (χ1n) is 6.80. The minimum absolute atomic E-state index is 0.0304. The summed E-state index contributed by atoms with van der Waals surface area (Å²) in [5.41, 5.74) is 4.89. The highest BCUT2D eigenvalue weighted by Gasteiger charge is 2.24. The van der Waals surface area contributed by atoms with Gasteiger partial charge < -0.3 is 5.11 Å². The first kappa shape index (κ1) is 15.7. The lowest BCUT2D eigenvalue weighted by atomic mass is 9.95. The SMILES string of the molecule is Cc1cc(C)c(C(C)NC(C(=O)O)C(C)C)cc1C. The molecule has 0 radical (unpaired) electrons. The standard InChI is InChI=1S/C16H25NO2/c1-9(2)15(16(18)19)17-13(6)14-8-11(4)10(3)7-12(14)5/h7-9,13,15,17H,1-6H3,(H,18,19). The van der Waals surface area contributed by atoms with Gasteiger partial charge >= 0.3 is 5.97 Å². The van der Waals surface area contributed by atoms with Crippen molar-refractivity contribution in [2.45, 2.75) is 53.6 Å². The quantitative estimate of drug-likeness (QED) is 0.856. The molecule has 0 bridgehead atoms. The molecule has 1 rings (SSSR count). The van der Waals surface area contributed by atoms with Gasteiger partial charge in [0.05, 0.1) is 0 Å². The number of carbonyl (C=O) groups is 1. The zero-order chi connectivity index (χ0) is 14.7. The second-order valence-corrected chi connectivity index (χ2v) is 5.74. The van der Waals surface area contributed by atoms with E-state index in [1.54, 1.807) is 0 Å². The Balaban J connectivity index is 2.97. The number of aryl methyl sites for hydroxylation is 3. The molecule has 2 N–H and O–H groups in total. The summed E-state index contributed by atoms with van der Waals surface area (Å²) >= 11 is 0. The molecule has 0 saturated carbocycles. The molecule has 0 aliphatic carbocycles. The van der Waals surface area contributed by atoms with Crippen LogP contribution in [0.15, 0.2) is 12.1 Å². The fourth-order valence-electron chi connectivity index (χ4n) is 2.36. The van der Waals surface area contributed by atoms with Gasteiger partial charge in [0.25, 0.3) is 0 Å². The molecule has 1 aromatic rings. The Kier molecular flexibility index (Phi) is 5.12. The van der Waals surface area contributed by atoms with Crippen LogP contribution in [0.25, 0.3) is 0 Å². The van der Waals surface area contributed by atoms with Crippen molar-refractivity contribution in [3.63, 3.8) is 0 Å². The van der Waals surface area contributed by atoms with Crippen molar-refractivity contribution in [3.8, 4) is 0 Å². The van der Waals surface area contributed by atoms with Crippen LogP contribution in [-0.2, 0) is 4.79 Å². The number of carboxylic acid groups (broad SMARTS) is 1. The smallest absolute Gasteiger partial charge is 0.320 e. The topological polar surface area (TPSA) is 49.3 Å². The van der Waals surface area contributed by atoms with E-state index in [4.69, 9.17) is 0 Å². The first-order chi connectivity index (χ1) is 8.73. The number of hydrogen-bond donors (Lipinski definition) is 2. The van der Waals surface area contributed by atoms with Crippen LogP contribution in [0, 0.1) is 26.7 Å². The normalized spacial score (nSPS) is 14.5. The number of aliphatic carboxylic acids is 1. The van der Waals surface area contributed by atoms with Crippen LogP contribution in [0.5, 0.6) is 0 Å². The highest BCUT2D eigenvalue weighted by atomic mass is 16.4. The Morgan fingerprint density at radius 3 is 2.05 bits per heavy atom. The maximum atomic E-state index is 11.3. The van der Waals surface area contributed by atoms with Crippen LogP contribution < -0.4 is 5.32 Å². The summed E-state index contributed by atoms with van der Waals surface area (Å²) in [5, 5.41) is 12.5. The Morgan fingerprint density at radius 1 is 1.05 bits per heavy atom. The minimum Gasteiger partial charge on any atom is -0.480 e. The fraction of sp³-hybridized carbons (Fsp3) is 0.562. The molecular weight excluding hydrogens is 238 g/mol. The second kappa shape index (κ2) is 6.20. The van der Waals surface area contributed by atoms with Crippen LogP contribution >= 0.6 is 0 Å². The van der Waals surface area contributed by atoms with Crippen molar-refractivity contribution >= 4 is 5.97 Å². The summed E-state index contributed by atoms with van der Waals surface area (Å²) in [7, 11) is 0. The van der Waals surface area contributed by atoms with E-state index in [2.05, 4.69) is 38.2 Å². The average Bonchev–Trinajstić information content (AvgIpc) is 2.29. The molecule has 0 spiro atoms. The fourth-order valence-corrected chi connectivity index (χ4v) is 2.36. The second-order valence-electron chi connectivity index (χ2n) is 5.74. The van der Waals surface area contributed by atoms with Crippen LogP contribution in [-0.4, -0.2) is 17.1 Å². The summed E-state index contributed by atoms with van der Waals surface area (Å²) in [4.78, 5) is 11.3. The molecule has 0 heterocycles. The van der Waals surface area contributed by atoms with E-state index in [1.165, 1.54) is 22.3 Å². The Morgan fingerprint density at radius 2 is 1.58 bits per heavy atom. The number of nitrogens with one attached hydrogen (secondary N) is 1. The van der Waals surface area contributed by atoms with Crippen molar-refractivity contribution in [1.29, 1.82) is 0 Å². The van der Waals surface area contributed by atoms with Crippen LogP contribution in [0.4, 0.5) is 0 Å². The van der Waals surface area contributed by atoms with Gasteiger partial charge in [-0.2, -0.15) is 0 Å². The van der Waals surface area contributed by atoms with E-state index >= 15 is 0 Å². The van der Waals surface area contributed by atoms with Crippen molar-refractivity contribution in [3.05, 3.63) is 34.4 Å². The Hall–Kier alpha value is -1.35. The van der Waals surface area contributed by atoms with E-state index < -0.39 is 12.0 Å². The molecule has 0 aromatic heterocycles. The molecule has 0 saturated heterocycles. The maximum Gasteiger partial charge on any atom is 0.320 e. The number of carboxylic acids is 1. The van der Waals surface area contributed by atoms with Gasteiger partial charge in [-0.05, 0) is 55.9 Å². The molecule has 3 heteroatoms. The van der Waals surface area contributed by atoms with E-state index in [9.17, 15) is 9.90 Å². The zero-order valence-electron chi connectivity index (χ0n) is 12.7. The highest BCUT2D eigenvalue weighted by molar-refractivity contribution is 5.73. The van der Waals surface area contributed by atoms with E-state index in [0.29, 0.717) is 0 Å². The molecule has 0 aliphatic heterocycles. The number of benzene rings is 1. The third-order valence-electron chi connectivity index (χ3n) is 3.71. The third-order valence-corrected chi connectivity index (χ3v) is 3.71. The van der Waals surface area contributed by atoms with E-state index in [-0.39, 0.29) is 12.0 Å². The van der Waals surface area contributed by atoms with Gasteiger partial charge in [-0.3, -0.25) is 10.1 Å². The summed E-state index contributed by atoms with van der Waals surface area (Å²) < 4.78 is 0. The van der Waals surface area contributed by atoms with Crippen LogP contribution in [0.2, 0.25) is 0 Å². The molecule has 0 aliphatic rings. The van der Waals surface area contributed by atoms with Crippen LogP contribution in [0.1, 0.15) is 49.1 Å². The highest BCUT2D eigenvalue weighted by Crippen LogP contribution is 2.22. The molecule has 3 nitrogen and oxygen atoms in total. The molecule has 0 amide bonds. The molecule has 2 unspecified atom stereocenters. The largest absolute Gasteiger partial charge is 0.480 e. The van der Waals surface area contributed by atoms with Gasteiger partial charge in [0, 0.05) is 6.04 Å². The Bertz CT molecular complexity index is 466. The summed E-state index contributed by atoms with van der Waals surface area (Å²) in [6.07, 6.45) is 0.